The second kappa shape index (κ2) is 10.3. The van der Waals surface area contributed by atoms with Gasteiger partial charge in [0, 0.05) is 49.8 Å². The quantitative estimate of drug-likeness (QED) is 0.510. The molecule has 3 aromatic rings. The molecule has 3 atom stereocenters. The molecule has 1 aromatic carbocycles. The first-order valence-electron chi connectivity index (χ1n) is 13.5. The van der Waals surface area contributed by atoms with Crippen molar-refractivity contribution < 1.29 is 4.74 Å². The molecule has 6 nitrogen and oxygen atoms in total. The lowest BCUT2D eigenvalue weighted by Gasteiger charge is -2.35. The summed E-state index contributed by atoms with van der Waals surface area (Å²) in [7, 11) is 2.00. The van der Waals surface area contributed by atoms with Crippen LogP contribution in [0.2, 0.25) is 0 Å². The van der Waals surface area contributed by atoms with E-state index in [9.17, 15) is 0 Å². The van der Waals surface area contributed by atoms with E-state index in [2.05, 4.69) is 54.9 Å². The van der Waals surface area contributed by atoms with E-state index in [1.54, 1.807) is 0 Å². The van der Waals surface area contributed by atoms with Gasteiger partial charge in [0.25, 0.3) is 0 Å². The first-order chi connectivity index (χ1) is 17.0. The molecule has 6 heteroatoms. The Morgan fingerprint density at radius 2 is 2.00 bits per heavy atom. The maximum atomic E-state index is 6.41. The number of aromatic nitrogens is 4. The van der Waals surface area contributed by atoms with Crippen molar-refractivity contribution in [3.8, 4) is 11.3 Å². The van der Waals surface area contributed by atoms with Gasteiger partial charge in [0.1, 0.15) is 0 Å². The molecular formula is C29H41N5O. The Kier molecular flexibility index (Phi) is 7.12. The van der Waals surface area contributed by atoms with Crippen molar-refractivity contribution in [2.45, 2.75) is 77.8 Å². The Morgan fingerprint density at radius 3 is 2.69 bits per heavy atom. The molecule has 0 amide bonds. The fourth-order valence-corrected chi connectivity index (χ4v) is 6.48. The van der Waals surface area contributed by atoms with E-state index in [0.717, 1.165) is 57.4 Å². The third-order valence-corrected chi connectivity index (χ3v) is 8.48. The molecule has 0 bridgehead atoms. The highest BCUT2D eigenvalue weighted by Crippen LogP contribution is 2.43. The molecule has 1 saturated heterocycles. The number of nitrogens with two attached hydrogens (primary N) is 1. The molecule has 0 spiro atoms. The molecule has 188 valence electrons. The summed E-state index contributed by atoms with van der Waals surface area (Å²) in [6.45, 7) is 9.21. The Bertz CT molecular complexity index is 1160. The van der Waals surface area contributed by atoms with Gasteiger partial charge in [-0.1, -0.05) is 45.4 Å². The summed E-state index contributed by atoms with van der Waals surface area (Å²) in [4.78, 5) is 0. The molecule has 1 aliphatic heterocycles. The highest BCUT2D eigenvalue weighted by Gasteiger charge is 2.33. The van der Waals surface area contributed by atoms with Crippen molar-refractivity contribution in [2.75, 3.05) is 13.2 Å². The van der Waals surface area contributed by atoms with Crippen LogP contribution in [0.25, 0.3) is 11.3 Å². The van der Waals surface area contributed by atoms with Crippen LogP contribution in [0.4, 0.5) is 0 Å². The number of nitrogens with zero attached hydrogens (tertiary/aromatic N) is 4. The topological polar surface area (TPSA) is 70.9 Å². The number of hydrogen-bond donors (Lipinski definition) is 1. The molecule has 2 N–H and O–H groups in total. The van der Waals surface area contributed by atoms with Crippen molar-refractivity contribution in [3.63, 3.8) is 0 Å². The lowest BCUT2D eigenvalue weighted by molar-refractivity contribution is 0.0654. The Balaban J connectivity index is 1.53. The summed E-state index contributed by atoms with van der Waals surface area (Å²) in [6, 6.07) is 7.25. The van der Waals surface area contributed by atoms with Crippen LogP contribution in [0.1, 0.15) is 79.9 Å². The van der Waals surface area contributed by atoms with E-state index in [4.69, 9.17) is 15.6 Å². The summed E-state index contributed by atoms with van der Waals surface area (Å²) in [5, 5.41) is 9.73. The first-order valence-corrected chi connectivity index (χ1v) is 13.5. The normalized spacial score (nSPS) is 21.7. The van der Waals surface area contributed by atoms with Crippen molar-refractivity contribution in [1.82, 2.24) is 19.6 Å². The fraction of sp³-hybridized carbons (Fsp3) is 0.586. The molecule has 0 radical (unpaired) electrons. The zero-order valence-electron chi connectivity index (χ0n) is 21.8. The molecule has 35 heavy (non-hydrogen) atoms. The van der Waals surface area contributed by atoms with Gasteiger partial charge in [-0.2, -0.15) is 10.2 Å². The summed E-state index contributed by atoms with van der Waals surface area (Å²) < 4.78 is 9.89. The van der Waals surface area contributed by atoms with Crippen molar-refractivity contribution in [2.24, 2.45) is 24.6 Å². The summed E-state index contributed by atoms with van der Waals surface area (Å²) in [5.41, 5.74) is 15.7. The molecule has 3 heterocycles. The monoisotopic (exact) mass is 475 g/mol. The van der Waals surface area contributed by atoms with Crippen molar-refractivity contribution in [1.29, 1.82) is 0 Å². The smallest absolute Gasteiger partial charge is 0.0973 e. The minimum atomic E-state index is 0.410. The third kappa shape index (κ3) is 4.58. The number of ether oxygens (including phenoxy) is 1. The van der Waals surface area contributed by atoms with E-state index in [-0.39, 0.29) is 0 Å². The van der Waals surface area contributed by atoms with Gasteiger partial charge in [0.2, 0.25) is 0 Å². The average Bonchev–Trinajstić information content (AvgIpc) is 3.47. The summed E-state index contributed by atoms with van der Waals surface area (Å²) in [6.07, 6.45) is 10.6. The fourth-order valence-electron chi connectivity index (χ4n) is 6.48. The average molecular weight is 476 g/mol. The van der Waals surface area contributed by atoms with Crippen LogP contribution >= 0.6 is 0 Å². The van der Waals surface area contributed by atoms with Gasteiger partial charge in [-0.15, -0.1) is 0 Å². The van der Waals surface area contributed by atoms with Crippen LogP contribution < -0.4 is 5.73 Å². The number of fused-ring (bicyclic) bond motifs is 1. The van der Waals surface area contributed by atoms with Gasteiger partial charge in [0.15, 0.2) is 0 Å². The molecule has 1 fully saturated rings. The highest BCUT2D eigenvalue weighted by molar-refractivity contribution is 5.70. The predicted molar refractivity (Wildman–Crippen MR) is 140 cm³/mol. The molecule has 5 rings (SSSR count). The van der Waals surface area contributed by atoms with Crippen molar-refractivity contribution >= 4 is 0 Å². The van der Waals surface area contributed by atoms with Crippen LogP contribution in [0.5, 0.6) is 0 Å². The van der Waals surface area contributed by atoms with Gasteiger partial charge in [-0.25, -0.2) is 0 Å². The Labute approximate surface area is 209 Å². The highest BCUT2D eigenvalue weighted by atomic mass is 16.5. The molecule has 2 aromatic heterocycles. The second-order valence-electron chi connectivity index (χ2n) is 10.7. The van der Waals surface area contributed by atoms with E-state index < -0.39 is 0 Å². The van der Waals surface area contributed by atoms with Crippen molar-refractivity contribution in [3.05, 3.63) is 58.5 Å². The largest absolute Gasteiger partial charge is 0.381 e. The standard InChI is InChI=1S/C29H41N5O/c1-5-7-28-27(16-30)29(32-34(28)23-10-12-35-13-11-23)24-9-6-8-21-15-25(19(2)14-26(21)24)20(3)22-17-31-33(4)18-22/h6,8-9,17-20,23,25H,5,7,10-16,30H2,1-4H3/t19?,20-,25?/m0/s1. The van der Waals surface area contributed by atoms with Gasteiger partial charge < -0.3 is 10.5 Å². The van der Waals surface area contributed by atoms with Crippen LogP contribution in [-0.4, -0.2) is 32.8 Å². The maximum Gasteiger partial charge on any atom is 0.0973 e. The maximum absolute atomic E-state index is 6.41. The lowest BCUT2D eigenvalue weighted by atomic mass is 9.69. The number of benzene rings is 1. The van der Waals surface area contributed by atoms with Crippen LogP contribution in [0.3, 0.4) is 0 Å². The number of hydrogen-bond acceptors (Lipinski definition) is 4. The molecule has 1 aliphatic carbocycles. The summed E-state index contributed by atoms with van der Waals surface area (Å²) in [5.74, 6) is 1.68. The summed E-state index contributed by atoms with van der Waals surface area (Å²) >= 11 is 0. The predicted octanol–water partition coefficient (Wildman–Crippen LogP) is 5.20. The van der Waals surface area contributed by atoms with Crippen LogP contribution in [0, 0.1) is 11.8 Å². The molecule has 2 aliphatic rings. The van der Waals surface area contributed by atoms with Gasteiger partial charge >= 0.3 is 0 Å². The van der Waals surface area contributed by atoms with Gasteiger partial charge in [-0.3, -0.25) is 9.36 Å². The molecule has 2 unspecified atom stereocenters. The first kappa shape index (κ1) is 24.3. The zero-order valence-corrected chi connectivity index (χ0v) is 21.8. The zero-order chi connectivity index (χ0) is 24.5. The molecular weight excluding hydrogens is 434 g/mol. The van der Waals surface area contributed by atoms with Gasteiger partial charge in [-0.05, 0) is 66.5 Å². The van der Waals surface area contributed by atoms with Crippen LogP contribution in [0.15, 0.2) is 30.6 Å². The Morgan fingerprint density at radius 1 is 1.20 bits per heavy atom. The number of rotatable bonds is 7. The van der Waals surface area contributed by atoms with E-state index in [1.807, 2.05) is 17.9 Å². The van der Waals surface area contributed by atoms with Crippen LogP contribution in [-0.2, 0) is 37.6 Å². The van der Waals surface area contributed by atoms with E-state index in [1.165, 1.54) is 33.5 Å². The minimum Gasteiger partial charge on any atom is -0.381 e. The second-order valence-corrected chi connectivity index (χ2v) is 10.7. The SMILES string of the molecule is CCCc1c(CN)c(-c2cccc3c2CC(C)C([C@@H](C)c2cnn(C)c2)C3)nn1C1CCOCC1. The van der Waals surface area contributed by atoms with Gasteiger partial charge in [0.05, 0.1) is 17.9 Å². The number of aryl methyl sites for hydroxylation is 1. The van der Waals surface area contributed by atoms with E-state index >= 15 is 0 Å². The lowest BCUT2D eigenvalue weighted by Crippen LogP contribution is -2.28. The molecule has 0 saturated carbocycles. The third-order valence-electron chi connectivity index (χ3n) is 8.48. The minimum absolute atomic E-state index is 0.410. The van der Waals surface area contributed by atoms with E-state index in [0.29, 0.717) is 30.3 Å². The Hall–Kier alpha value is -2.44.